The summed E-state index contributed by atoms with van der Waals surface area (Å²) in [4.78, 5) is 33.9. The van der Waals surface area contributed by atoms with Gasteiger partial charge in [-0.1, -0.05) is 45.9 Å². The number of carbonyl (C=O) groups is 3. The molecular formula is C28H45NO7. The van der Waals surface area contributed by atoms with Crippen LogP contribution in [-0.4, -0.2) is 53.0 Å². The van der Waals surface area contributed by atoms with Gasteiger partial charge in [-0.05, 0) is 62.0 Å². The molecule has 0 aromatic carbocycles. The Balaban J connectivity index is 0.000000572. The maximum absolute atomic E-state index is 12.5. The Hall–Kier alpha value is -2.19. The van der Waals surface area contributed by atoms with Gasteiger partial charge in [0.15, 0.2) is 0 Å². The number of cyclic esters (lactones) is 1. The van der Waals surface area contributed by atoms with Gasteiger partial charge >= 0.3 is 17.9 Å². The Morgan fingerprint density at radius 2 is 1.97 bits per heavy atom. The predicted molar refractivity (Wildman–Crippen MR) is 137 cm³/mol. The Labute approximate surface area is 215 Å². The SMILES string of the molecule is CCC(C)C(=O)O[C@H]1C[C@@H](C)C=C2C=C[C@H](C)[C@H](CC[C@@H]3C[C@@H](O)CC(=O)O3)[C@H]21.NCCCC(=O)O. The summed E-state index contributed by atoms with van der Waals surface area (Å²) in [6.45, 7) is 8.79. The van der Waals surface area contributed by atoms with Crippen molar-refractivity contribution in [2.75, 3.05) is 6.54 Å². The van der Waals surface area contributed by atoms with Crippen molar-refractivity contribution in [2.24, 2.45) is 35.3 Å². The molecule has 3 aliphatic rings. The molecule has 1 aliphatic heterocycles. The normalized spacial score (nSPS) is 32.2. The van der Waals surface area contributed by atoms with Crippen molar-refractivity contribution in [3.8, 4) is 0 Å². The number of allylic oxidation sites excluding steroid dienone is 3. The topological polar surface area (TPSA) is 136 Å². The number of hydrogen-bond donors (Lipinski definition) is 3. The lowest BCUT2D eigenvalue weighted by molar-refractivity contribution is -0.162. The molecule has 0 saturated carbocycles. The van der Waals surface area contributed by atoms with E-state index < -0.39 is 12.1 Å². The van der Waals surface area contributed by atoms with Gasteiger partial charge in [-0.25, -0.2) is 0 Å². The number of hydrogen-bond acceptors (Lipinski definition) is 7. The quantitative estimate of drug-likeness (QED) is 0.398. The molecule has 8 heteroatoms. The second-order valence-corrected chi connectivity index (χ2v) is 10.6. The van der Waals surface area contributed by atoms with Crippen LogP contribution < -0.4 is 5.73 Å². The predicted octanol–water partition coefficient (Wildman–Crippen LogP) is 4.01. The van der Waals surface area contributed by atoms with Crippen LogP contribution in [0.4, 0.5) is 0 Å². The van der Waals surface area contributed by atoms with E-state index in [2.05, 4.69) is 32.1 Å². The highest BCUT2D eigenvalue weighted by atomic mass is 16.6. The first kappa shape index (κ1) is 30.0. The van der Waals surface area contributed by atoms with Crippen molar-refractivity contribution in [3.05, 3.63) is 23.8 Å². The fraction of sp³-hybridized carbons (Fsp3) is 0.750. The first-order valence-corrected chi connectivity index (χ1v) is 13.4. The number of fused-ring (bicyclic) bond motifs is 1. The third-order valence-corrected chi connectivity index (χ3v) is 7.53. The van der Waals surface area contributed by atoms with Gasteiger partial charge in [-0.15, -0.1) is 0 Å². The average Bonchev–Trinajstić information content (AvgIpc) is 2.81. The van der Waals surface area contributed by atoms with Crippen molar-refractivity contribution < 1.29 is 34.1 Å². The lowest BCUT2D eigenvalue weighted by Crippen LogP contribution is -2.42. The van der Waals surface area contributed by atoms with Crippen molar-refractivity contribution in [2.45, 2.75) is 97.4 Å². The van der Waals surface area contributed by atoms with E-state index in [1.165, 1.54) is 5.57 Å². The minimum Gasteiger partial charge on any atom is -0.481 e. The molecule has 3 rings (SSSR count). The summed E-state index contributed by atoms with van der Waals surface area (Å²) in [6.07, 6.45) is 10.5. The third kappa shape index (κ3) is 9.04. The fourth-order valence-corrected chi connectivity index (χ4v) is 5.32. The zero-order chi connectivity index (χ0) is 26.8. The molecule has 204 valence electrons. The fourth-order valence-electron chi connectivity index (χ4n) is 5.32. The van der Waals surface area contributed by atoms with E-state index in [9.17, 15) is 19.5 Å². The maximum Gasteiger partial charge on any atom is 0.308 e. The number of aliphatic hydroxyl groups is 1. The van der Waals surface area contributed by atoms with Crippen LogP contribution in [-0.2, 0) is 23.9 Å². The molecule has 0 amide bonds. The zero-order valence-corrected chi connectivity index (χ0v) is 22.2. The molecule has 0 radical (unpaired) electrons. The number of rotatable bonds is 9. The van der Waals surface area contributed by atoms with Gasteiger partial charge < -0.3 is 25.4 Å². The average molecular weight is 508 g/mol. The Bertz CT molecular complexity index is 808. The summed E-state index contributed by atoms with van der Waals surface area (Å²) in [5, 5.41) is 17.9. The lowest BCUT2D eigenvalue weighted by atomic mass is 9.65. The smallest absolute Gasteiger partial charge is 0.308 e. The second-order valence-electron chi connectivity index (χ2n) is 10.6. The Morgan fingerprint density at radius 3 is 2.56 bits per heavy atom. The van der Waals surface area contributed by atoms with Crippen LogP contribution in [0.3, 0.4) is 0 Å². The molecule has 1 saturated heterocycles. The van der Waals surface area contributed by atoms with Crippen LogP contribution >= 0.6 is 0 Å². The van der Waals surface area contributed by atoms with Gasteiger partial charge in [0.25, 0.3) is 0 Å². The minimum atomic E-state index is -0.773. The Kier molecular flexibility index (Phi) is 12.1. The summed E-state index contributed by atoms with van der Waals surface area (Å²) in [5.74, 6) is -0.0179. The second kappa shape index (κ2) is 14.5. The molecule has 36 heavy (non-hydrogen) atoms. The molecule has 0 aromatic heterocycles. The van der Waals surface area contributed by atoms with E-state index in [4.69, 9.17) is 20.3 Å². The monoisotopic (exact) mass is 507 g/mol. The maximum atomic E-state index is 12.5. The molecule has 0 spiro atoms. The van der Waals surface area contributed by atoms with Crippen molar-refractivity contribution in [1.82, 2.24) is 0 Å². The first-order valence-electron chi connectivity index (χ1n) is 13.4. The van der Waals surface area contributed by atoms with E-state index in [0.29, 0.717) is 37.1 Å². The van der Waals surface area contributed by atoms with E-state index in [1.54, 1.807) is 0 Å². The molecule has 1 unspecified atom stereocenters. The standard InChI is InChI=1S/C24H36O5.C4H9NO2/c1-5-15(3)24(27)29-21-11-14(2)10-17-7-6-16(4)20(23(17)21)9-8-19-12-18(25)13-22(26)28-19;5-3-1-2-4(6)7/h6-7,10,14-16,18-21,23,25H,5,8-9,11-13H2,1-4H3;1-3,5H2,(H,6,7)/t14-,15?,16-,18+,19+,20-,21-,23-;/m0./s1. The van der Waals surface area contributed by atoms with Crippen molar-refractivity contribution in [1.29, 1.82) is 0 Å². The van der Waals surface area contributed by atoms with Crippen LogP contribution in [0.1, 0.15) is 79.1 Å². The highest BCUT2D eigenvalue weighted by Gasteiger charge is 2.42. The van der Waals surface area contributed by atoms with Crippen LogP contribution in [0, 0.1) is 29.6 Å². The van der Waals surface area contributed by atoms with E-state index in [-0.39, 0.29) is 48.8 Å². The van der Waals surface area contributed by atoms with Gasteiger partial charge in [-0.3, -0.25) is 14.4 Å². The number of carbonyl (C=O) groups excluding carboxylic acids is 2. The number of aliphatic hydroxyl groups excluding tert-OH is 1. The van der Waals surface area contributed by atoms with Gasteiger partial charge in [-0.2, -0.15) is 0 Å². The van der Waals surface area contributed by atoms with Gasteiger partial charge in [0, 0.05) is 18.8 Å². The number of esters is 2. The Morgan fingerprint density at radius 1 is 1.25 bits per heavy atom. The van der Waals surface area contributed by atoms with E-state index in [0.717, 1.165) is 25.7 Å². The van der Waals surface area contributed by atoms with Crippen molar-refractivity contribution in [3.63, 3.8) is 0 Å². The molecule has 1 heterocycles. The first-order chi connectivity index (χ1) is 17.0. The minimum absolute atomic E-state index is 0.0854. The van der Waals surface area contributed by atoms with Crippen LogP contribution in [0.5, 0.6) is 0 Å². The number of nitrogens with two attached hydrogens (primary N) is 1. The van der Waals surface area contributed by atoms with Crippen LogP contribution in [0.15, 0.2) is 23.8 Å². The van der Waals surface area contributed by atoms with Crippen LogP contribution in [0.25, 0.3) is 0 Å². The summed E-state index contributed by atoms with van der Waals surface area (Å²) in [5.41, 5.74) is 6.29. The third-order valence-electron chi connectivity index (χ3n) is 7.53. The number of carboxylic acids is 1. The van der Waals surface area contributed by atoms with Crippen LogP contribution in [0.2, 0.25) is 0 Å². The van der Waals surface area contributed by atoms with Gasteiger partial charge in [0.2, 0.25) is 0 Å². The molecule has 8 atom stereocenters. The molecule has 0 bridgehead atoms. The van der Waals surface area contributed by atoms with E-state index in [1.807, 2.05) is 13.8 Å². The molecule has 8 nitrogen and oxygen atoms in total. The van der Waals surface area contributed by atoms with Gasteiger partial charge in [0.1, 0.15) is 12.2 Å². The number of ether oxygens (including phenoxy) is 2. The van der Waals surface area contributed by atoms with E-state index >= 15 is 0 Å². The highest BCUT2D eigenvalue weighted by Crippen LogP contribution is 2.45. The largest absolute Gasteiger partial charge is 0.481 e. The lowest BCUT2D eigenvalue weighted by Gasteiger charge is -2.43. The van der Waals surface area contributed by atoms with Gasteiger partial charge in [0.05, 0.1) is 18.4 Å². The molecular weight excluding hydrogens is 462 g/mol. The summed E-state index contributed by atoms with van der Waals surface area (Å²) >= 11 is 0. The zero-order valence-electron chi connectivity index (χ0n) is 22.2. The molecule has 2 aliphatic carbocycles. The summed E-state index contributed by atoms with van der Waals surface area (Å²) < 4.78 is 11.5. The molecule has 0 aromatic rings. The molecule has 1 fully saturated rings. The highest BCUT2D eigenvalue weighted by molar-refractivity contribution is 5.72. The summed E-state index contributed by atoms with van der Waals surface area (Å²) in [6, 6.07) is 0. The van der Waals surface area contributed by atoms with Crippen molar-refractivity contribution >= 4 is 17.9 Å². The molecule has 4 N–H and O–H groups in total. The summed E-state index contributed by atoms with van der Waals surface area (Å²) in [7, 11) is 0. The number of carboxylic acid groups (broad SMARTS) is 1. The number of aliphatic carboxylic acids is 1.